The van der Waals surface area contributed by atoms with E-state index in [9.17, 15) is 4.39 Å². The topological polar surface area (TPSA) is 13.1 Å². The first kappa shape index (κ1) is 11.1. The van der Waals surface area contributed by atoms with Gasteiger partial charge in [0.15, 0.2) is 16.6 Å². The molecule has 0 amide bonds. The summed E-state index contributed by atoms with van der Waals surface area (Å²) in [7, 11) is 0. The van der Waals surface area contributed by atoms with Crippen molar-refractivity contribution in [1.29, 1.82) is 0 Å². The molecule has 0 saturated carbocycles. The summed E-state index contributed by atoms with van der Waals surface area (Å²) in [5, 5.41) is 0.995. The lowest BCUT2D eigenvalue weighted by Crippen LogP contribution is -1.73. The summed E-state index contributed by atoms with van der Waals surface area (Å²) in [4.78, 5) is 0. The summed E-state index contributed by atoms with van der Waals surface area (Å²) >= 11 is 5.69. The second kappa shape index (κ2) is 4.47. The van der Waals surface area contributed by atoms with E-state index in [0.717, 1.165) is 10.9 Å². The van der Waals surface area contributed by atoms with E-state index >= 15 is 0 Å². The smallest absolute Gasteiger partial charge is 0.197 e. The van der Waals surface area contributed by atoms with Gasteiger partial charge in [-0.05, 0) is 24.6 Å². The van der Waals surface area contributed by atoms with E-state index in [2.05, 4.69) is 0 Å². The van der Waals surface area contributed by atoms with E-state index in [1.807, 2.05) is 13.8 Å². The van der Waals surface area contributed by atoms with Crippen molar-refractivity contribution in [3.63, 3.8) is 0 Å². The lowest BCUT2D eigenvalue weighted by atomic mass is 10.2. The van der Waals surface area contributed by atoms with Crippen molar-refractivity contribution in [2.45, 2.75) is 20.8 Å². The number of para-hydroxylation sites is 1. The van der Waals surface area contributed by atoms with Crippen molar-refractivity contribution in [3.05, 3.63) is 34.8 Å². The van der Waals surface area contributed by atoms with E-state index in [-0.39, 0.29) is 16.6 Å². The fourth-order valence-electron chi connectivity index (χ4n) is 1.18. The minimum absolute atomic E-state index is 0.236. The average Bonchev–Trinajstić information content (AvgIpc) is 2.50. The number of halogens is 2. The molecule has 0 fully saturated rings. The Balaban J connectivity index is 0.000000461. The van der Waals surface area contributed by atoms with Crippen LogP contribution < -0.4 is 0 Å². The third-order valence-electron chi connectivity index (χ3n) is 1.86. The molecule has 0 N–H and O–H groups in total. The van der Waals surface area contributed by atoms with Crippen molar-refractivity contribution in [2.75, 3.05) is 0 Å². The molecule has 1 aromatic carbocycles. The van der Waals surface area contributed by atoms with Crippen molar-refractivity contribution >= 4 is 22.6 Å². The van der Waals surface area contributed by atoms with Crippen LogP contribution in [0.15, 0.2) is 22.6 Å². The van der Waals surface area contributed by atoms with Gasteiger partial charge in [0.25, 0.3) is 0 Å². The van der Waals surface area contributed by atoms with Gasteiger partial charge < -0.3 is 4.42 Å². The maximum absolute atomic E-state index is 13.0. The molecular weight excluding hydrogens is 203 g/mol. The first-order valence-corrected chi connectivity index (χ1v) is 4.91. The number of hydrogen-bond acceptors (Lipinski definition) is 1. The van der Waals surface area contributed by atoms with Crippen LogP contribution in [0.1, 0.15) is 19.4 Å². The van der Waals surface area contributed by atoms with Gasteiger partial charge in [0, 0.05) is 10.9 Å². The molecule has 1 nitrogen and oxygen atoms in total. The maximum Gasteiger partial charge on any atom is 0.197 e. The highest BCUT2D eigenvalue weighted by molar-refractivity contribution is 6.30. The van der Waals surface area contributed by atoms with E-state index in [0.29, 0.717) is 0 Å². The highest BCUT2D eigenvalue weighted by Crippen LogP contribution is 2.29. The van der Waals surface area contributed by atoms with Gasteiger partial charge in [-0.25, -0.2) is 4.39 Å². The number of rotatable bonds is 0. The van der Waals surface area contributed by atoms with Gasteiger partial charge >= 0.3 is 0 Å². The summed E-state index contributed by atoms with van der Waals surface area (Å²) < 4.78 is 18.0. The van der Waals surface area contributed by atoms with Crippen LogP contribution in [0.25, 0.3) is 11.0 Å². The van der Waals surface area contributed by atoms with E-state index in [4.69, 9.17) is 16.0 Å². The zero-order chi connectivity index (χ0) is 10.7. The molecule has 14 heavy (non-hydrogen) atoms. The summed E-state index contributed by atoms with van der Waals surface area (Å²) in [6, 6.07) is 4.77. The minimum atomic E-state index is -0.373. The van der Waals surface area contributed by atoms with Gasteiger partial charge in [0.2, 0.25) is 0 Å². The van der Waals surface area contributed by atoms with Crippen LogP contribution in [-0.2, 0) is 0 Å². The highest BCUT2D eigenvalue weighted by atomic mass is 35.5. The quantitative estimate of drug-likeness (QED) is 0.627. The molecule has 2 aromatic rings. The summed E-state index contributed by atoms with van der Waals surface area (Å²) in [6.45, 7) is 5.80. The Labute approximate surface area is 87.5 Å². The van der Waals surface area contributed by atoms with E-state index in [1.54, 1.807) is 19.1 Å². The first-order valence-electron chi connectivity index (χ1n) is 4.53. The number of furan rings is 1. The van der Waals surface area contributed by atoms with E-state index in [1.165, 1.54) is 6.07 Å². The van der Waals surface area contributed by atoms with Crippen LogP contribution in [0.5, 0.6) is 0 Å². The molecule has 0 atom stereocenters. The zero-order valence-corrected chi connectivity index (χ0v) is 9.15. The Bertz CT molecular complexity index is 434. The standard InChI is InChI=1S/C9H6ClFO.C2H6/c1-5-6-3-2-4-7(11)8(6)12-9(5)10;1-2/h2-4H,1H3;1-2H3. The molecule has 0 aliphatic heterocycles. The minimum Gasteiger partial charge on any atom is -0.441 e. The van der Waals surface area contributed by atoms with Gasteiger partial charge in [-0.3, -0.25) is 0 Å². The van der Waals surface area contributed by atoms with Crippen molar-refractivity contribution in [2.24, 2.45) is 0 Å². The van der Waals surface area contributed by atoms with Crippen LogP contribution in [0.2, 0.25) is 5.22 Å². The largest absolute Gasteiger partial charge is 0.441 e. The zero-order valence-electron chi connectivity index (χ0n) is 8.40. The molecule has 3 heteroatoms. The lowest BCUT2D eigenvalue weighted by Gasteiger charge is -1.88. The summed E-state index contributed by atoms with van der Waals surface area (Å²) in [6.07, 6.45) is 0. The maximum atomic E-state index is 13.0. The Morgan fingerprint density at radius 3 is 2.50 bits per heavy atom. The van der Waals surface area contributed by atoms with E-state index < -0.39 is 0 Å². The number of fused-ring (bicyclic) bond motifs is 1. The third kappa shape index (κ3) is 1.75. The van der Waals surface area contributed by atoms with Gasteiger partial charge in [-0.2, -0.15) is 0 Å². The molecule has 1 aromatic heterocycles. The Morgan fingerprint density at radius 2 is 1.93 bits per heavy atom. The van der Waals surface area contributed by atoms with Crippen LogP contribution in [0.4, 0.5) is 4.39 Å². The second-order valence-electron chi connectivity index (χ2n) is 2.62. The molecular formula is C11H12ClFO. The molecule has 0 spiro atoms. The fourth-order valence-corrected chi connectivity index (χ4v) is 1.36. The molecule has 0 saturated heterocycles. The van der Waals surface area contributed by atoms with Gasteiger partial charge in [0.1, 0.15) is 0 Å². The van der Waals surface area contributed by atoms with Gasteiger partial charge in [0.05, 0.1) is 0 Å². The van der Waals surface area contributed by atoms with Gasteiger partial charge in [-0.15, -0.1) is 0 Å². The average molecular weight is 215 g/mol. The molecule has 0 bridgehead atoms. The Hall–Kier alpha value is -1.02. The fraction of sp³-hybridized carbons (Fsp3) is 0.273. The summed E-state index contributed by atoms with van der Waals surface area (Å²) in [5.74, 6) is -0.373. The number of benzene rings is 1. The predicted octanol–water partition coefficient (Wildman–Crippen LogP) is 4.56. The van der Waals surface area contributed by atoms with Crippen LogP contribution in [-0.4, -0.2) is 0 Å². The second-order valence-corrected chi connectivity index (χ2v) is 2.96. The Morgan fingerprint density at radius 1 is 1.29 bits per heavy atom. The SMILES string of the molecule is CC.Cc1c(Cl)oc2c(F)cccc12. The molecule has 0 aliphatic carbocycles. The summed E-state index contributed by atoms with van der Waals surface area (Å²) in [5.41, 5.74) is 1.02. The van der Waals surface area contributed by atoms with Crippen LogP contribution in [0, 0.1) is 12.7 Å². The highest BCUT2D eigenvalue weighted by Gasteiger charge is 2.10. The molecule has 1 heterocycles. The molecule has 0 aliphatic rings. The molecule has 76 valence electrons. The van der Waals surface area contributed by atoms with Crippen molar-refractivity contribution in [3.8, 4) is 0 Å². The van der Waals surface area contributed by atoms with Crippen molar-refractivity contribution < 1.29 is 8.81 Å². The predicted molar refractivity (Wildman–Crippen MR) is 57.3 cm³/mol. The van der Waals surface area contributed by atoms with Gasteiger partial charge in [-0.1, -0.05) is 26.0 Å². The third-order valence-corrected chi connectivity index (χ3v) is 2.22. The van der Waals surface area contributed by atoms with Crippen LogP contribution in [0.3, 0.4) is 0 Å². The van der Waals surface area contributed by atoms with Crippen LogP contribution >= 0.6 is 11.6 Å². The molecule has 0 radical (unpaired) electrons. The number of aryl methyl sites for hydroxylation is 1. The first-order chi connectivity index (χ1) is 6.70. The monoisotopic (exact) mass is 214 g/mol. The van der Waals surface area contributed by atoms with Crippen molar-refractivity contribution in [1.82, 2.24) is 0 Å². The Kier molecular flexibility index (Phi) is 3.53. The number of hydrogen-bond donors (Lipinski definition) is 0. The molecule has 0 unspecified atom stereocenters. The normalized spacial score (nSPS) is 9.79. The lowest BCUT2D eigenvalue weighted by molar-refractivity contribution is 0.560. The molecule has 2 rings (SSSR count).